The van der Waals surface area contributed by atoms with Gasteiger partial charge in [0.2, 0.25) is 0 Å². The van der Waals surface area contributed by atoms with E-state index in [1.807, 2.05) is 0 Å². The normalized spacial score (nSPS) is 36.6. The van der Waals surface area contributed by atoms with Crippen LogP contribution in [0.2, 0.25) is 0 Å². The summed E-state index contributed by atoms with van der Waals surface area (Å²) in [5, 5.41) is 13.0. The highest BCUT2D eigenvalue weighted by molar-refractivity contribution is 5.11. The summed E-state index contributed by atoms with van der Waals surface area (Å²) in [7, 11) is 0. The van der Waals surface area contributed by atoms with E-state index in [-0.39, 0.29) is 5.54 Å². The van der Waals surface area contributed by atoms with Crippen LogP contribution in [0.3, 0.4) is 0 Å². The van der Waals surface area contributed by atoms with E-state index in [0.717, 1.165) is 31.3 Å². The molecule has 0 radical (unpaired) electrons. The highest BCUT2D eigenvalue weighted by Crippen LogP contribution is 2.36. The van der Waals surface area contributed by atoms with Crippen molar-refractivity contribution in [3.8, 4) is 6.07 Å². The largest absolute Gasteiger partial charge is 0.300 e. The lowest BCUT2D eigenvalue weighted by Crippen LogP contribution is -2.54. The molecule has 2 aliphatic rings. The highest BCUT2D eigenvalue weighted by atomic mass is 15.2. The Labute approximate surface area is 118 Å². The number of rotatable bonds is 4. The van der Waals surface area contributed by atoms with Crippen molar-refractivity contribution in [1.29, 1.82) is 5.26 Å². The van der Waals surface area contributed by atoms with Gasteiger partial charge < -0.3 is 0 Å². The first kappa shape index (κ1) is 14.8. The minimum absolute atomic E-state index is 0.262. The Bertz CT molecular complexity index is 329. The monoisotopic (exact) mass is 263 g/mol. The fourth-order valence-electron chi connectivity index (χ4n) is 4.15. The molecule has 3 atom stereocenters. The fourth-order valence-corrected chi connectivity index (χ4v) is 4.15. The molecule has 0 aromatic carbocycles. The summed E-state index contributed by atoms with van der Waals surface area (Å²) < 4.78 is 0. The Morgan fingerprint density at radius 1 is 1.37 bits per heavy atom. The van der Waals surface area contributed by atoms with Gasteiger partial charge in [0, 0.05) is 12.1 Å². The van der Waals surface area contributed by atoms with Gasteiger partial charge in [-0.1, -0.05) is 20.8 Å². The van der Waals surface area contributed by atoms with Crippen molar-refractivity contribution in [2.45, 2.75) is 76.9 Å². The van der Waals surface area contributed by atoms with Gasteiger partial charge >= 0.3 is 0 Å². The molecule has 1 N–H and O–H groups in total. The molecule has 1 heterocycles. The van der Waals surface area contributed by atoms with E-state index in [9.17, 15) is 5.26 Å². The fraction of sp³-hybridized carbons (Fsp3) is 0.938. The molecule has 108 valence electrons. The summed E-state index contributed by atoms with van der Waals surface area (Å²) in [6.45, 7) is 8.92. The number of nitrogens with zero attached hydrogens (tertiary/aromatic N) is 2. The number of nitrogens with one attached hydrogen (secondary N) is 1. The summed E-state index contributed by atoms with van der Waals surface area (Å²) in [4.78, 5) is 2.72. The molecule has 1 saturated carbocycles. The number of likely N-dealkylation sites (tertiary alicyclic amines) is 1. The Morgan fingerprint density at radius 3 is 2.79 bits per heavy atom. The predicted octanol–water partition coefficient (Wildman–Crippen LogP) is 2.92. The summed E-state index contributed by atoms with van der Waals surface area (Å²) in [5.74, 6) is 0.736. The second-order valence-electron chi connectivity index (χ2n) is 6.67. The average molecular weight is 263 g/mol. The first-order valence-electron chi connectivity index (χ1n) is 8.04. The second-order valence-corrected chi connectivity index (χ2v) is 6.67. The van der Waals surface area contributed by atoms with E-state index >= 15 is 0 Å². The third-order valence-electron chi connectivity index (χ3n) is 5.03. The van der Waals surface area contributed by atoms with Gasteiger partial charge in [-0.05, 0) is 57.5 Å². The molecule has 2 fully saturated rings. The van der Waals surface area contributed by atoms with Gasteiger partial charge in [0.1, 0.15) is 5.54 Å². The minimum Gasteiger partial charge on any atom is -0.300 e. The molecule has 1 saturated heterocycles. The molecule has 3 unspecified atom stereocenters. The van der Waals surface area contributed by atoms with Crippen LogP contribution in [0, 0.1) is 17.2 Å². The zero-order chi connectivity index (χ0) is 13.9. The van der Waals surface area contributed by atoms with Gasteiger partial charge in [-0.15, -0.1) is 0 Å². The standard InChI is InChI=1S/C16H29N3/c1-4-18-16(12-17)9-5-7-14(11-16)19-10-6-8-15(19)13(2)3/h13-15,18H,4-11H2,1-3H3. The predicted molar refractivity (Wildman–Crippen MR) is 78.8 cm³/mol. The number of nitriles is 1. The molecule has 3 heteroatoms. The summed E-state index contributed by atoms with van der Waals surface area (Å²) in [6.07, 6.45) is 7.17. The first-order valence-corrected chi connectivity index (χ1v) is 8.04. The van der Waals surface area contributed by atoms with Crippen LogP contribution in [0.15, 0.2) is 0 Å². The molecule has 3 nitrogen and oxygen atoms in total. The van der Waals surface area contributed by atoms with Crippen molar-refractivity contribution in [3.63, 3.8) is 0 Å². The van der Waals surface area contributed by atoms with E-state index in [0.29, 0.717) is 6.04 Å². The molecule has 1 aliphatic heterocycles. The molecule has 0 aromatic heterocycles. The van der Waals surface area contributed by atoms with E-state index in [1.165, 1.54) is 32.2 Å². The molecule has 19 heavy (non-hydrogen) atoms. The molecule has 0 amide bonds. The Balaban J connectivity index is 2.06. The van der Waals surface area contributed by atoms with Crippen LogP contribution in [0.25, 0.3) is 0 Å². The van der Waals surface area contributed by atoms with Crippen LogP contribution in [-0.2, 0) is 0 Å². The van der Waals surface area contributed by atoms with E-state index in [4.69, 9.17) is 0 Å². The Hall–Kier alpha value is -0.590. The van der Waals surface area contributed by atoms with E-state index in [1.54, 1.807) is 0 Å². The van der Waals surface area contributed by atoms with Crippen LogP contribution < -0.4 is 5.32 Å². The van der Waals surface area contributed by atoms with Crippen molar-refractivity contribution in [1.82, 2.24) is 10.2 Å². The average Bonchev–Trinajstić information content (AvgIpc) is 2.89. The maximum atomic E-state index is 9.58. The van der Waals surface area contributed by atoms with Crippen LogP contribution in [0.5, 0.6) is 0 Å². The van der Waals surface area contributed by atoms with Crippen molar-refractivity contribution in [2.24, 2.45) is 5.92 Å². The van der Waals surface area contributed by atoms with E-state index in [2.05, 4.69) is 37.1 Å². The topological polar surface area (TPSA) is 39.1 Å². The Morgan fingerprint density at radius 2 is 2.16 bits per heavy atom. The number of hydrogen-bond donors (Lipinski definition) is 1. The summed E-state index contributed by atoms with van der Waals surface area (Å²) in [5.41, 5.74) is -0.262. The molecule has 1 aliphatic carbocycles. The van der Waals surface area contributed by atoms with Gasteiger partial charge in [0.05, 0.1) is 6.07 Å². The molecular weight excluding hydrogens is 234 g/mol. The van der Waals surface area contributed by atoms with Crippen LogP contribution in [-0.4, -0.2) is 35.6 Å². The molecule has 0 spiro atoms. The third kappa shape index (κ3) is 3.12. The van der Waals surface area contributed by atoms with Gasteiger partial charge in [-0.3, -0.25) is 10.2 Å². The second kappa shape index (κ2) is 6.24. The maximum Gasteiger partial charge on any atom is 0.108 e. The zero-order valence-corrected chi connectivity index (χ0v) is 12.8. The van der Waals surface area contributed by atoms with E-state index < -0.39 is 0 Å². The van der Waals surface area contributed by atoms with Crippen molar-refractivity contribution >= 4 is 0 Å². The van der Waals surface area contributed by atoms with Crippen LogP contribution in [0.4, 0.5) is 0 Å². The Kier molecular flexibility index (Phi) is 4.86. The maximum absolute atomic E-state index is 9.58. The third-order valence-corrected chi connectivity index (χ3v) is 5.03. The lowest BCUT2D eigenvalue weighted by molar-refractivity contribution is 0.0902. The van der Waals surface area contributed by atoms with Gasteiger partial charge in [-0.2, -0.15) is 5.26 Å². The van der Waals surface area contributed by atoms with Crippen molar-refractivity contribution in [2.75, 3.05) is 13.1 Å². The van der Waals surface area contributed by atoms with Crippen molar-refractivity contribution in [3.05, 3.63) is 0 Å². The molecular formula is C16H29N3. The first-order chi connectivity index (χ1) is 9.12. The molecule has 2 rings (SSSR count). The van der Waals surface area contributed by atoms with Crippen molar-refractivity contribution < 1.29 is 0 Å². The van der Waals surface area contributed by atoms with Gasteiger partial charge in [-0.25, -0.2) is 0 Å². The van der Waals surface area contributed by atoms with Gasteiger partial charge in [0.15, 0.2) is 0 Å². The molecule has 0 aromatic rings. The number of hydrogen-bond acceptors (Lipinski definition) is 3. The SMILES string of the molecule is CCNC1(C#N)CCCC(N2CCCC2C(C)C)C1. The lowest BCUT2D eigenvalue weighted by Gasteiger charge is -2.43. The summed E-state index contributed by atoms with van der Waals surface area (Å²) >= 11 is 0. The van der Waals surface area contributed by atoms with Gasteiger partial charge in [0.25, 0.3) is 0 Å². The molecule has 0 bridgehead atoms. The smallest absolute Gasteiger partial charge is 0.108 e. The van der Waals surface area contributed by atoms with Crippen LogP contribution in [0.1, 0.15) is 59.3 Å². The lowest BCUT2D eigenvalue weighted by atomic mass is 9.78. The zero-order valence-electron chi connectivity index (χ0n) is 12.8. The highest BCUT2D eigenvalue weighted by Gasteiger charge is 2.41. The summed E-state index contributed by atoms with van der Waals surface area (Å²) in [6, 6.07) is 3.93. The minimum atomic E-state index is -0.262. The van der Waals surface area contributed by atoms with Crippen LogP contribution >= 0.6 is 0 Å². The quantitative estimate of drug-likeness (QED) is 0.847.